The molecule has 64 valence electrons. The molecule has 0 aliphatic rings. The van der Waals surface area contributed by atoms with Crippen molar-refractivity contribution in [2.75, 3.05) is 0 Å². The Morgan fingerprint density at radius 3 is 2.58 bits per heavy atom. The highest BCUT2D eigenvalue weighted by Gasteiger charge is 2.13. The van der Waals surface area contributed by atoms with Crippen LogP contribution in [0.15, 0.2) is 24.3 Å². The van der Waals surface area contributed by atoms with Crippen LogP contribution in [0.2, 0.25) is 0 Å². The number of hydrogen-bond donors (Lipinski definition) is 0. The zero-order valence-electron chi connectivity index (χ0n) is 5.93. The molecular formula is C8H5Br2FO. The number of carbonyl (C=O) groups is 1. The van der Waals surface area contributed by atoms with Gasteiger partial charge in [-0.2, -0.15) is 0 Å². The van der Waals surface area contributed by atoms with Gasteiger partial charge < -0.3 is 0 Å². The summed E-state index contributed by atoms with van der Waals surface area (Å²) in [6.07, 6.45) is 0. The van der Waals surface area contributed by atoms with Crippen molar-refractivity contribution in [2.24, 2.45) is 0 Å². The van der Waals surface area contributed by atoms with E-state index >= 15 is 0 Å². The van der Waals surface area contributed by atoms with Crippen molar-refractivity contribution in [3.8, 4) is 0 Å². The molecule has 12 heavy (non-hydrogen) atoms. The average molecular weight is 296 g/mol. The average Bonchev–Trinajstić information content (AvgIpc) is 2.03. The largest absolute Gasteiger partial charge is 0.292 e. The maximum Gasteiger partial charge on any atom is 0.187 e. The first-order chi connectivity index (χ1) is 5.61. The van der Waals surface area contributed by atoms with Crippen LogP contribution in [0.3, 0.4) is 0 Å². The minimum absolute atomic E-state index is 0.186. The molecule has 0 bridgehead atoms. The van der Waals surface area contributed by atoms with Crippen molar-refractivity contribution in [3.05, 3.63) is 35.6 Å². The maximum absolute atomic E-state index is 12.6. The topological polar surface area (TPSA) is 17.1 Å². The molecule has 0 atom stereocenters. The number of ketones is 1. The number of Topliss-reactive ketones (excluding diaryl/α,β-unsaturated/α-hetero) is 1. The van der Waals surface area contributed by atoms with Crippen LogP contribution in [0.25, 0.3) is 0 Å². The van der Waals surface area contributed by atoms with Gasteiger partial charge in [-0.1, -0.05) is 44.0 Å². The lowest BCUT2D eigenvalue weighted by molar-refractivity contribution is 0.101. The van der Waals surface area contributed by atoms with Crippen molar-refractivity contribution >= 4 is 37.6 Å². The summed E-state index contributed by atoms with van der Waals surface area (Å²) >= 11 is 6.09. The number of carbonyl (C=O) groups excluding carboxylic acids is 1. The second-order valence-electron chi connectivity index (χ2n) is 2.18. The Kier molecular flexibility index (Phi) is 3.40. The fraction of sp³-hybridized carbons (Fsp3) is 0.125. The molecule has 0 heterocycles. The Morgan fingerprint density at radius 1 is 1.42 bits per heavy atom. The van der Waals surface area contributed by atoms with Gasteiger partial charge >= 0.3 is 0 Å². The summed E-state index contributed by atoms with van der Waals surface area (Å²) in [4.78, 5) is 11.2. The lowest BCUT2D eigenvalue weighted by Crippen LogP contribution is -2.06. The lowest BCUT2D eigenvalue weighted by Gasteiger charge is -2.00. The Hall–Kier alpha value is -0.220. The molecule has 0 amide bonds. The van der Waals surface area contributed by atoms with Gasteiger partial charge in [0.2, 0.25) is 0 Å². The monoisotopic (exact) mass is 294 g/mol. The maximum atomic E-state index is 12.6. The van der Waals surface area contributed by atoms with Gasteiger partial charge in [-0.05, 0) is 12.1 Å². The third kappa shape index (κ3) is 2.38. The van der Waals surface area contributed by atoms with Gasteiger partial charge in [-0.3, -0.25) is 4.79 Å². The molecule has 0 aromatic heterocycles. The van der Waals surface area contributed by atoms with Gasteiger partial charge in [0.05, 0.1) is 0 Å². The van der Waals surface area contributed by atoms with Crippen LogP contribution in [-0.4, -0.2) is 9.52 Å². The number of hydrogen-bond acceptors (Lipinski definition) is 1. The first-order valence-corrected chi connectivity index (χ1v) is 5.02. The van der Waals surface area contributed by atoms with Crippen molar-refractivity contribution in [1.82, 2.24) is 0 Å². The SMILES string of the molecule is O=C(c1cccc(F)c1)C(Br)Br. The standard InChI is InChI=1S/C8H5Br2FO/c9-8(10)7(12)5-2-1-3-6(11)4-5/h1-4,8H. The Labute approximate surface area is 86.2 Å². The summed E-state index contributed by atoms with van der Waals surface area (Å²) < 4.78 is 12.2. The summed E-state index contributed by atoms with van der Waals surface area (Å²) in [5, 5.41) is 0. The van der Waals surface area contributed by atoms with Crippen molar-refractivity contribution in [3.63, 3.8) is 0 Å². The van der Waals surface area contributed by atoms with Gasteiger partial charge in [0.1, 0.15) is 9.55 Å². The lowest BCUT2D eigenvalue weighted by atomic mass is 10.1. The fourth-order valence-electron chi connectivity index (χ4n) is 0.768. The highest BCUT2D eigenvalue weighted by molar-refractivity contribution is 9.25. The van der Waals surface area contributed by atoms with E-state index in [1.54, 1.807) is 6.07 Å². The van der Waals surface area contributed by atoms with Crippen LogP contribution in [0, 0.1) is 5.82 Å². The molecule has 1 rings (SSSR count). The highest BCUT2D eigenvalue weighted by Crippen LogP contribution is 2.16. The van der Waals surface area contributed by atoms with Crippen LogP contribution >= 0.6 is 31.9 Å². The molecule has 0 unspecified atom stereocenters. The van der Waals surface area contributed by atoms with E-state index in [1.165, 1.54) is 18.2 Å². The predicted molar refractivity (Wildman–Crippen MR) is 52.4 cm³/mol. The van der Waals surface area contributed by atoms with E-state index in [0.29, 0.717) is 5.56 Å². The molecule has 1 nitrogen and oxygen atoms in total. The Balaban J connectivity index is 2.96. The summed E-state index contributed by atoms with van der Waals surface area (Å²) in [7, 11) is 0. The molecule has 0 radical (unpaired) electrons. The van der Waals surface area contributed by atoms with Gasteiger partial charge in [0.15, 0.2) is 5.78 Å². The van der Waals surface area contributed by atoms with E-state index in [4.69, 9.17) is 0 Å². The number of rotatable bonds is 2. The van der Waals surface area contributed by atoms with Crippen LogP contribution in [0.4, 0.5) is 4.39 Å². The molecule has 0 saturated carbocycles. The molecular weight excluding hydrogens is 291 g/mol. The zero-order chi connectivity index (χ0) is 9.14. The highest BCUT2D eigenvalue weighted by atomic mass is 79.9. The second-order valence-corrected chi connectivity index (χ2v) is 5.24. The summed E-state index contributed by atoms with van der Waals surface area (Å²) in [6, 6.07) is 5.58. The van der Waals surface area contributed by atoms with E-state index in [9.17, 15) is 9.18 Å². The van der Waals surface area contributed by atoms with E-state index in [-0.39, 0.29) is 5.78 Å². The van der Waals surface area contributed by atoms with Crippen LogP contribution in [-0.2, 0) is 0 Å². The van der Waals surface area contributed by atoms with Crippen molar-refractivity contribution < 1.29 is 9.18 Å². The van der Waals surface area contributed by atoms with Crippen LogP contribution < -0.4 is 0 Å². The van der Waals surface area contributed by atoms with Crippen molar-refractivity contribution in [2.45, 2.75) is 3.74 Å². The molecule has 0 saturated heterocycles. The molecule has 0 N–H and O–H groups in total. The smallest absolute Gasteiger partial charge is 0.187 e. The Morgan fingerprint density at radius 2 is 2.08 bits per heavy atom. The van der Waals surface area contributed by atoms with E-state index < -0.39 is 9.55 Å². The molecule has 0 aliphatic carbocycles. The molecule has 0 fully saturated rings. The van der Waals surface area contributed by atoms with Gasteiger partial charge in [0.25, 0.3) is 0 Å². The molecule has 1 aromatic rings. The second kappa shape index (κ2) is 4.14. The van der Waals surface area contributed by atoms with Crippen LogP contribution in [0.5, 0.6) is 0 Å². The predicted octanol–water partition coefficient (Wildman–Crippen LogP) is 3.12. The third-order valence-corrected chi connectivity index (χ3v) is 2.14. The summed E-state index contributed by atoms with van der Waals surface area (Å²) in [5.41, 5.74) is 0.355. The van der Waals surface area contributed by atoms with Crippen LogP contribution in [0.1, 0.15) is 10.4 Å². The molecule has 0 aliphatic heterocycles. The summed E-state index contributed by atoms with van der Waals surface area (Å²) in [6.45, 7) is 0. The minimum Gasteiger partial charge on any atom is -0.292 e. The Bertz CT molecular complexity index is 299. The van der Waals surface area contributed by atoms with E-state index in [0.717, 1.165) is 0 Å². The summed E-state index contributed by atoms with van der Waals surface area (Å²) in [5.74, 6) is -0.587. The first-order valence-electron chi connectivity index (χ1n) is 3.19. The van der Waals surface area contributed by atoms with Gasteiger partial charge in [-0.15, -0.1) is 0 Å². The number of halogens is 3. The fourth-order valence-corrected chi connectivity index (χ4v) is 1.30. The quantitative estimate of drug-likeness (QED) is 0.605. The van der Waals surface area contributed by atoms with Crippen molar-refractivity contribution in [1.29, 1.82) is 0 Å². The molecule has 1 aromatic carbocycles. The number of alkyl halides is 2. The van der Waals surface area contributed by atoms with E-state index in [1.807, 2.05) is 0 Å². The first kappa shape index (κ1) is 9.86. The van der Waals surface area contributed by atoms with Gasteiger partial charge in [-0.25, -0.2) is 4.39 Å². The van der Waals surface area contributed by atoms with Gasteiger partial charge in [0, 0.05) is 5.56 Å². The molecule has 0 spiro atoms. The minimum atomic E-state index is -0.452. The zero-order valence-corrected chi connectivity index (χ0v) is 9.10. The molecule has 4 heteroatoms. The number of benzene rings is 1. The normalized spacial score (nSPS) is 10.3. The third-order valence-electron chi connectivity index (χ3n) is 1.31. The van der Waals surface area contributed by atoms with E-state index in [2.05, 4.69) is 31.9 Å².